The van der Waals surface area contributed by atoms with Crippen LogP contribution in [0.4, 0.5) is 0 Å². The molecule has 0 radical (unpaired) electrons. The first kappa shape index (κ1) is 32.2. The second kappa shape index (κ2) is 12.5. The van der Waals surface area contributed by atoms with E-state index in [2.05, 4.69) is 180 Å². The van der Waals surface area contributed by atoms with Gasteiger partial charge in [0.2, 0.25) is 0 Å². The van der Waals surface area contributed by atoms with E-state index < -0.39 is 5.41 Å². The Morgan fingerprint density at radius 1 is 0.368 bits per heavy atom. The number of nitrogens with zero attached hydrogens (tertiary/aromatic N) is 4. The molecule has 1 spiro atoms. The highest BCUT2D eigenvalue weighted by atomic mass is 32.2. The lowest BCUT2D eigenvalue weighted by atomic mass is 9.67. The summed E-state index contributed by atoms with van der Waals surface area (Å²) in [7, 11) is 0. The van der Waals surface area contributed by atoms with Gasteiger partial charge in [-0.15, -0.1) is 0 Å². The Balaban J connectivity index is 1.04. The minimum absolute atomic E-state index is 0.485. The molecule has 1 aliphatic carbocycles. The fourth-order valence-corrected chi connectivity index (χ4v) is 10.5. The molecule has 12 rings (SSSR count). The van der Waals surface area contributed by atoms with E-state index in [1.54, 1.807) is 0 Å². The predicted molar refractivity (Wildman–Crippen MR) is 232 cm³/mol. The van der Waals surface area contributed by atoms with E-state index >= 15 is 0 Å². The second-order valence-electron chi connectivity index (χ2n) is 14.7. The molecule has 0 atom stereocenters. The van der Waals surface area contributed by atoms with Crippen molar-refractivity contribution in [1.82, 2.24) is 19.5 Å². The van der Waals surface area contributed by atoms with Gasteiger partial charge in [-0.25, -0.2) is 15.0 Å². The Labute approximate surface area is 334 Å². The Morgan fingerprint density at radius 2 is 0.842 bits per heavy atom. The van der Waals surface area contributed by atoms with Gasteiger partial charge in [0.1, 0.15) is 0 Å². The average molecular weight is 745 g/mol. The summed E-state index contributed by atoms with van der Waals surface area (Å²) in [4.78, 5) is 18.1. The third-order valence-corrected chi connectivity index (χ3v) is 12.9. The smallest absolute Gasteiger partial charge is 0.164 e. The van der Waals surface area contributed by atoms with E-state index in [0.29, 0.717) is 17.5 Å². The zero-order chi connectivity index (χ0) is 37.5. The van der Waals surface area contributed by atoms with Crippen LogP contribution in [0.3, 0.4) is 0 Å². The zero-order valence-electron chi connectivity index (χ0n) is 30.7. The standard InChI is InChI=1S/C52H32N4S/c1-2-14-33(15-3-1)49-53-50(34-26-29-36(30-27-34)56-45-23-11-6-18-39(45)40-19-7-12-24-46(40)56)55-51(54-49)35-28-31-48-44(32-35)52(43-22-10-13-25-47(43)57-48)41-20-8-4-16-37(41)38-17-5-9-21-42(38)52/h1-32H. The van der Waals surface area contributed by atoms with Crippen LogP contribution in [0.5, 0.6) is 0 Å². The Morgan fingerprint density at radius 3 is 1.49 bits per heavy atom. The van der Waals surface area contributed by atoms with Gasteiger partial charge in [-0.1, -0.05) is 151 Å². The number of benzene rings is 8. The molecule has 5 heteroatoms. The summed E-state index contributed by atoms with van der Waals surface area (Å²) in [5, 5.41) is 2.48. The molecule has 0 bridgehead atoms. The van der Waals surface area contributed by atoms with E-state index in [4.69, 9.17) is 15.0 Å². The number of hydrogen-bond donors (Lipinski definition) is 0. The van der Waals surface area contributed by atoms with Crippen LogP contribution in [-0.4, -0.2) is 19.5 Å². The van der Waals surface area contributed by atoms with E-state index in [1.165, 1.54) is 65.0 Å². The molecular weight excluding hydrogens is 713 g/mol. The molecule has 10 aromatic rings. The maximum absolute atomic E-state index is 5.25. The fourth-order valence-electron chi connectivity index (χ4n) is 9.31. The van der Waals surface area contributed by atoms with Gasteiger partial charge in [0, 0.05) is 42.9 Å². The number of hydrogen-bond acceptors (Lipinski definition) is 4. The largest absolute Gasteiger partial charge is 0.309 e. The molecule has 0 saturated heterocycles. The van der Waals surface area contributed by atoms with E-state index in [-0.39, 0.29) is 0 Å². The number of rotatable bonds is 4. The van der Waals surface area contributed by atoms with Crippen molar-refractivity contribution in [3.05, 3.63) is 216 Å². The number of fused-ring (bicyclic) bond motifs is 12. The van der Waals surface area contributed by atoms with Crippen LogP contribution in [0.25, 0.3) is 72.8 Å². The SMILES string of the molecule is c1ccc(-c2nc(-c3ccc(-n4c5ccccc5c5ccccc54)cc3)nc(-c3ccc4c(c3)C3(c5ccccc5S4)c4ccccc4-c4ccccc43)n2)cc1. The zero-order valence-corrected chi connectivity index (χ0v) is 31.5. The summed E-state index contributed by atoms with van der Waals surface area (Å²) in [6, 6.07) is 69.6. The van der Waals surface area contributed by atoms with Gasteiger partial charge in [0.05, 0.1) is 16.4 Å². The van der Waals surface area contributed by atoms with Crippen LogP contribution in [0, 0.1) is 0 Å². The van der Waals surface area contributed by atoms with Gasteiger partial charge < -0.3 is 4.57 Å². The summed E-state index contributed by atoms with van der Waals surface area (Å²) >= 11 is 1.84. The first-order valence-corrected chi connectivity index (χ1v) is 20.1. The second-order valence-corrected chi connectivity index (χ2v) is 15.8. The Kier molecular flexibility index (Phi) is 7.04. The molecule has 0 saturated carbocycles. The van der Waals surface area contributed by atoms with Crippen molar-refractivity contribution >= 4 is 33.6 Å². The topological polar surface area (TPSA) is 43.6 Å². The van der Waals surface area contributed by atoms with Crippen molar-refractivity contribution in [3.8, 4) is 51.0 Å². The Bertz CT molecular complexity index is 3120. The summed E-state index contributed by atoms with van der Waals surface area (Å²) < 4.78 is 2.33. The van der Waals surface area contributed by atoms with Crippen LogP contribution >= 0.6 is 11.8 Å². The lowest BCUT2D eigenvalue weighted by Crippen LogP contribution is -2.32. The third kappa shape index (κ3) is 4.73. The lowest BCUT2D eigenvalue weighted by Gasteiger charge is -2.39. The molecule has 8 aromatic carbocycles. The van der Waals surface area contributed by atoms with Gasteiger partial charge in [0.25, 0.3) is 0 Å². The van der Waals surface area contributed by atoms with Crippen LogP contribution in [-0.2, 0) is 5.41 Å². The van der Waals surface area contributed by atoms with Gasteiger partial charge in [-0.3, -0.25) is 0 Å². The molecule has 1 aliphatic heterocycles. The molecule has 0 unspecified atom stereocenters. The number of aromatic nitrogens is 4. The molecular formula is C52H32N4S. The summed E-state index contributed by atoms with van der Waals surface area (Å²) in [5.74, 6) is 1.92. The minimum Gasteiger partial charge on any atom is -0.309 e. The summed E-state index contributed by atoms with van der Waals surface area (Å²) in [6.45, 7) is 0. The predicted octanol–water partition coefficient (Wildman–Crippen LogP) is 12.8. The molecule has 57 heavy (non-hydrogen) atoms. The number of para-hydroxylation sites is 2. The fraction of sp³-hybridized carbons (Fsp3) is 0.0192. The molecule has 266 valence electrons. The van der Waals surface area contributed by atoms with Gasteiger partial charge >= 0.3 is 0 Å². The highest BCUT2D eigenvalue weighted by molar-refractivity contribution is 7.99. The molecule has 0 N–H and O–H groups in total. The van der Waals surface area contributed by atoms with E-state index in [1.807, 2.05) is 30.0 Å². The molecule has 2 aliphatic rings. The first-order chi connectivity index (χ1) is 28.3. The van der Waals surface area contributed by atoms with E-state index in [0.717, 1.165) is 22.4 Å². The van der Waals surface area contributed by atoms with Crippen molar-refractivity contribution < 1.29 is 0 Å². The van der Waals surface area contributed by atoms with Crippen LogP contribution in [0.15, 0.2) is 204 Å². The van der Waals surface area contributed by atoms with Crippen LogP contribution in [0.1, 0.15) is 22.3 Å². The molecule has 0 amide bonds. The minimum atomic E-state index is -0.485. The summed E-state index contributed by atoms with van der Waals surface area (Å²) in [6.07, 6.45) is 0. The van der Waals surface area contributed by atoms with E-state index in [9.17, 15) is 0 Å². The first-order valence-electron chi connectivity index (χ1n) is 19.3. The summed E-state index contributed by atoms with van der Waals surface area (Å²) in [5.41, 5.74) is 13.5. The molecule has 3 heterocycles. The van der Waals surface area contributed by atoms with Crippen molar-refractivity contribution in [2.24, 2.45) is 0 Å². The molecule has 2 aromatic heterocycles. The van der Waals surface area contributed by atoms with Gasteiger partial charge in [-0.05, 0) is 88.0 Å². The van der Waals surface area contributed by atoms with Gasteiger partial charge in [0.15, 0.2) is 17.5 Å². The van der Waals surface area contributed by atoms with Crippen molar-refractivity contribution in [2.45, 2.75) is 15.2 Å². The monoisotopic (exact) mass is 744 g/mol. The highest BCUT2D eigenvalue weighted by Gasteiger charge is 2.50. The normalized spacial score (nSPS) is 13.3. The lowest BCUT2D eigenvalue weighted by molar-refractivity contribution is 0.722. The molecule has 0 fully saturated rings. The van der Waals surface area contributed by atoms with Crippen molar-refractivity contribution in [1.29, 1.82) is 0 Å². The third-order valence-electron chi connectivity index (χ3n) is 11.7. The average Bonchev–Trinajstić information content (AvgIpc) is 3.78. The molecule has 4 nitrogen and oxygen atoms in total. The Hall–Kier alpha value is -7.08. The van der Waals surface area contributed by atoms with Crippen LogP contribution in [0.2, 0.25) is 0 Å². The maximum Gasteiger partial charge on any atom is 0.164 e. The van der Waals surface area contributed by atoms with Gasteiger partial charge in [-0.2, -0.15) is 0 Å². The van der Waals surface area contributed by atoms with Crippen molar-refractivity contribution in [3.63, 3.8) is 0 Å². The highest BCUT2D eigenvalue weighted by Crippen LogP contribution is 2.62. The maximum atomic E-state index is 5.25. The quantitative estimate of drug-likeness (QED) is 0.180. The van der Waals surface area contributed by atoms with Crippen molar-refractivity contribution in [2.75, 3.05) is 0 Å². The van der Waals surface area contributed by atoms with Crippen LogP contribution < -0.4 is 0 Å².